The number of aryl methyl sites for hydroxylation is 1. The third-order valence-electron chi connectivity index (χ3n) is 5.15. The summed E-state index contributed by atoms with van der Waals surface area (Å²) in [4.78, 5) is 16.2. The smallest absolute Gasteiger partial charge is 0.218 e. The first kappa shape index (κ1) is 16.7. The van der Waals surface area contributed by atoms with Crippen molar-refractivity contribution in [2.45, 2.75) is 13.8 Å². The first-order valence-electron chi connectivity index (χ1n) is 8.46. The molecule has 0 aliphatic carbocycles. The molecule has 128 valence electrons. The van der Waals surface area contributed by atoms with E-state index < -0.39 is 0 Å². The number of benzene rings is 1. The van der Waals surface area contributed by atoms with E-state index in [1.165, 1.54) is 17.0 Å². The third kappa shape index (κ3) is 3.36. The molecule has 1 N–H and O–H groups in total. The summed E-state index contributed by atoms with van der Waals surface area (Å²) in [6.45, 7) is 8.20. The lowest BCUT2D eigenvalue weighted by molar-refractivity contribution is -0.892. The van der Waals surface area contributed by atoms with Gasteiger partial charge in [0.25, 0.3) is 0 Å². The lowest BCUT2D eigenvalue weighted by atomic mass is 10.1. The fourth-order valence-electron chi connectivity index (χ4n) is 3.37. The second-order valence-corrected chi connectivity index (χ2v) is 6.66. The normalized spacial score (nSPS) is 15.8. The molecule has 0 unspecified atom stereocenters. The Balaban J connectivity index is 1.58. The van der Waals surface area contributed by atoms with Crippen LogP contribution in [-0.4, -0.2) is 43.1 Å². The maximum absolute atomic E-state index is 13.0. The maximum atomic E-state index is 13.0. The number of aromatic nitrogens is 1. The van der Waals surface area contributed by atoms with E-state index in [4.69, 9.17) is 0 Å². The van der Waals surface area contributed by atoms with E-state index in [0.29, 0.717) is 6.54 Å². The summed E-state index contributed by atoms with van der Waals surface area (Å²) in [6, 6.07) is 8.63. The summed E-state index contributed by atoms with van der Waals surface area (Å²) in [5.41, 5.74) is 4.06. The van der Waals surface area contributed by atoms with Crippen molar-refractivity contribution in [2.24, 2.45) is 7.05 Å². The van der Waals surface area contributed by atoms with Crippen LogP contribution in [-0.2, 0) is 7.05 Å². The van der Waals surface area contributed by atoms with E-state index in [0.717, 1.165) is 48.8 Å². The predicted molar refractivity (Wildman–Crippen MR) is 93.4 cm³/mol. The Morgan fingerprint density at radius 2 is 1.79 bits per heavy atom. The van der Waals surface area contributed by atoms with Crippen LogP contribution in [0.1, 0.15) is 21.7 Å². The van der Waals surface area contributed by atoms with Gasteiger partial charge >= 0.3 is 0 Å². The molecule has 1 aromatic heterocycles. The Morgan fingerprint density at radius 3 is 2.33 bits per heavy atom. The minimum atomic E-state index is -0.206. The van der Waals surface area contributed by atoms with Crippen LogP contribution in [0.3, 0.4) is 0 Å². The van der Waals surface area contributed by atoms with Gasteiger partial charge in [0.05, 0.1) is 26.2 Å². The first-order chi connectivity index (χ1) is 11.5. The van der Waals surface area contributed by atoms with Crippen molar-refractivity contribution in [3.8, 4) is 0 Å². The van der Waals surface area contributed by atoms with Gasteiger partial charge in [0.1, 0.15) is 12.4 Å². The molecule has 1 aliphatic rings. The van der Waals surface area contributed by atoms with Crippen LogP contribution in [0.2, 0.25) is 0 Å². The van der Waals surface area contributed by atoms with Gasteiger partial charge in [-0.2, -0.15) is 0 Å². The summed E-state index contributed by atoms with van der Waals surface area (Å²) >= 11 is 0. The van der Waals surface area contributed by atoms with Crippen LogP contribution in [0, 0.1) is 19.7 Å². The van der Waals surface area contributed by atoms with Gasteiger partial charge < -0.3 is 14.4 Å². The van der Waals surface area contributed by atoms with Crippen molar-refractivity contribution < 1.29 is 14.1 Å². The number of hydrogen-bond donors (Lipinski definition) is 1. The van der Waals surface area contributed by atoms with Crippen molar-refractivity contribution in [2.75, 3.05) is 37.6 Å². The monoisotopic (exact) mass is 330 g/mol. The predicted octanol–water partition coefficient (Wildman–Crippen LogP) is 1.37. The standard InChI is InChI=1S/C19H24FN3O/c1-14-12-18(15(2)21(14)3)19(24)13-22-8-10-23(11-9-22)17-6-4-16(20)5-7-17/h4-7,12H,8-11,13H2,1-3H3/p+1. The largest absolute Gasteiger partial charge is 0.360 e. The zero-order valence-corrected chi connectivity index (χ0v) is 14.6. The number of halogens is 1. The molecule has 0 atom stereocenters. The lowest BCUT2D eigenvalue weighted by Crippen LogP contribution is -3.15. The number of nitrogens with one attached hydrogen (secondary N) is 1. The number of anilines is 1. The molecule has 0 saturated carbocycles. The minimum Gasteiger partial charge on any atom is -0.360 e. The van der Waals surface area contributed by atoms with Gasteiger partial charge in [-0.3, -0.25) is 4.79 Å². The maximum Gasteiger partial charge on any atom is 0.218 e. The van der Waals surface area contributed by atoms with E-state index in [1.54, 1.807) is 0 Å². The van der Waals surface area contributed by atoms with Gasteiger partial charge in [-0.15, -0.1) is 0 Å². The number of hydrogen-bond acceptors (Lipinski definition) is 2. The summed E-state index contributed by atoms with van der Waals surface area (Å²) in [7, 11) is 2.00. The molecule has 0 radical (unpaired) electrons. The first-order valence-corrected chi connectivity index (χ1v) is 8.46. The van der Waals surface area contributed by atoms with Crippen molar-refractivity contribution in [3.05, 3.63) is 53.1 Å². The van der Waals surface area contributed by atoms with Crippen molar-refractivity contribution in [1.29, 1.82) is 0 Å². The van der Waals surface area contributed by atoms with E-state index >= 15 is 0 Å². The Morgan fingerprint density at radius 1 is 1.17 bits per heavy atom. The Bertz CT molecular complexity index is 728. The highest BCUT2D eigenvalue weighted by molar-refractivity contribution is 5.98. The van der Waals surface area contributed by atoms with Crippen LogP contribution in [0.15, 0.2) is 30.3 Å². The Labute approximate surface area is 142 Å². The number of nitrogens with zero attached hydrogens (tertiary/aromatic N) is 2. The number of rotatable bonds is 4. The zero-order chi connectivity index (χ0) is 17.3. The molecular weight excluding hydrogens is 305 g/mol. The molecule has 4 nitrogen and oxygen atoms in total. The summed E-state index contributed by atoms with van der Waals surface area (Å²) in [5, 5.41) is 0. The van der Waals surface area contributed by atoms with Crippen LogP contribution in [0.25, 0.3) is 0 Å². The molecule has 2 heterocycles. The minimum absolute atomic E-state index is 0.206. The summed E-state index contributed by atoms with van der Waals surface area (Å²) < 4.78 is 15.1. The van der Waals surface area contributed by atoms with Gasteiger partial charge in [-0.1, -0.05) is 0 Å². The number of carbonyl (C=O) groups is 1. The molecule has 0 spiro atoms. The van der Waals surface area contributed by atoms with Gasteiger partial charge in [-0.25, -0.2) is 4.39 Å². The second kappa shape index (κ2) is 6.77. The van der Waals surface area contributed by atoms with E-state index in [1.807, 2.05) is 39.1 Å². The van der Waals surface area contributed by atoms with Crippen LogP contribution in [0.5, 0.6) is 0 Å². The fraction of sp³-hybridized carbons (Fsp3) is 0.421. The molecule has 5 heteroatoms. The average Bonchev–Trinajstić information content (AvgIpc) is 2.84. The van der Waals surface area contributed by atoms with Gasteiger partial charge in [0, 0.05) is 29.7 Å². The Hall–Kier alpha value is -2.14. The van der Waals surface area contributed by atoms with E-state index in [9.17, 15) is 9.18 Å². The molecule has 3 rings (SSSR count). The number of carbonyl (C=O) groups excluding carboxylic acids is 1. The molecule has 24 heavy (non-hydrogen) atoms. The quantitative estimate of drug-likeness (QED) is 0.858. The number of piperazine rings is 1. The van der Waals surface area contributed by atoms with Crippen molar-refractivity contribution >= 4 is 11.5 Å². The summed E-state index contributed by atoms with van der Waals surface area (Å²) in [5.74, 6) is 0.0172. The average molecular weight is 330 g/mol. The topological polar surface area (TPSA) is 29.7 Å². The number of ketones is 1. The Kier molecular flexibility index (Phi) is 4.71. The highest BCUT2D eigenvalue weighted by Gasteiger charge is 2.24. The van der Waals surface area contributed by atoms with Gasteiger partial charge in [0.15, 0.2) is 0 Å². The van der Waals surface area contributed by atoms with Crippen LogP contribution < -0.4 is 9.80 Å². The molecule has 2 aromatic rings. The van der Waals surface area contributed by atoms with Gasteiger partial charge in [0.2, 0.25) is 5.78 Å². The molecule has 0 amide bonds. The van der Waals surface area contributed by atoms with E-state index in [2.05, 4.69) is 9.47 Å². The third-order valence-corrected chi connectivity index (χ3v) is 5.15. The molecule has 1 saturated heterocycles. The highest BCUT2D eigenvalue weighted by Crippen LogP contribution is 2.15. The molecule has 0 bridgehead atoms. The zero-order valence-electron chi connectivity index (χ0n) is 14.6. The fourth-order valence-corrected chi connectivity index (χ4v) is 3.37. The molecular formula is C19H25FN3O+. The van der Waals surface area contributed by atoms with Gasteiger partial charge in [-0.05, 0) is 44.2 Å². The molecule has 1 aromatic carbocycles. The van der Waals surface area contributed by atoms with Crippen molar-refractivity contribution in [3.63, 3.8) is 0 Å². The van der Waals surface area contributed by atoms with Crippen LogP contribution in [0.4, 0.5) is 10.1 Å². The van der Waals surface area contributed by atoms with Crippen molar-refractivity contribution in [1.82, 2.24) is 4.57 Å². The number of Topliss-reactive ketones (excluding diaryl/α,β-unsaturated/α-hetero) is 1. The second-order valence-electron chi connectivity index (χ2n) is 6.66. The molecule has 1 fully saturated rings. The SMILES string of the molecule is Cc1cc(C(=O)C[NH+]2CCN(c3ccc(F)cc3)CC2)c(C)n1C. The summed E-state index contributed by atoms with van der Waals surface area (Å²) in [6.07, 6.45) is 0. The van der Waals surface area contributed by atoms with E-state index in [-0.39, 0.29) is 11.6 Å². The number of quaternary nitrogens is 1. The highest BCUT2D eigenvalue weighted by atomic mass is 19.1. The lowest BCUT2D eigenvalue weighted by Gasteiger charge is -2.33. The molecule has 1 aliphatic heterocycles. The van der Waals surface area contributed by atoms with Crippen LogP contribution >= 0.6 is 0 Å².